The fraction of sp³-hybridized carbons (Fsp3) is 0.536. The van der Waals surface area contributed by atoms with Gasteiger partial charge in [0, 0.05) is 61.1 Å². The maximum absolute atomic E-state index is 13.5. The van der Waals surface area contributed by atoms with Crippen LogP contribution in [0.1, 0.15) is 50.0 Å². The molecule has 0 saturated carbocycles. The third kappa shape index (κ3) is 7.29. The standard InChI is InChI=1S/C28H38Cl2N4O3S/c1-19(2)17-25(32-38(36)16-10-31)24-18-22(30)7-8-26(24)33-11-13-34(14-12-33)28(35)23-9-15-37-27(23)20-3-5-21(29)6-4-20/h3-8,18-19,23,25,27,32H,9-17,31H2,1-2H3/t23-,25?,27+,38?/m0/s1. The normalized spacial score (nSPS) is 21.6. The van der Waals surface area contributed by atoms with E-state index in [1.807, 2.05) is 47.4 Å². The number of carbonyl (C=O) groups is 1. The summed E-state index contributed by atoms with van der Waals surface area (Å²) in [5, 5.41) is 1.32. The largest absolute Gasteiger partial charge is 0.373 e. The molecule has 2 fully saturated rings. The number of benzene rings is 2. The number of carbonyl (C=O) groups excluding carboxylic acids is 1. The lowest BCUT2D eigenvalue weighted by Crippen LogP contribution is -2.51. The van der Waals surface area contributed by atoms with Gasteiger partial charge in [-0.25, -0.2) is 8.93 Å². The van der Waals surface area contributed by atoms with E-state index < -0.39 is 11.0 Å². The van der Waals surface area contributed by atoms with Crippen molar-refractivity contribution in [2.24, 2.45) is 17.6 Å². The molecular formula is C28H38Cl2N4O3S. The highest BCUT2D eigenvalue weighted by Gasteiger charge is 2.38. The summed E-state index contributed by atoms with van der Waals surface area (Å²) in [5.74, 6) is 0.750. The average molecular weight is 582 g/mol. The summed E-state index contributed by atoms with van der Waals surface area (Å²) in [7, 11) is -1.23. The molecule has 0 radical (unpaired) electrons. The Morgan fingerprint density at radius 3 is 2.45 bits per heavy atom. The van der Waals surface area contributed by atoms with Crippen molar-refractivity contribution in [3.8, 4) is 0 Å². The lowest BCUT2D eigenvalue weighted by molar-refractivity contribution is -0.137. The molecule has 1 amide bonds. The summed E-state index contributed by atoms with van der Waals surface area (Å²) in [4.78, 5) is 17.8. The number of halogens is 2. The second-order valence-corrected chi connectivity index (χ2v) is 12.6. The maximum Gasteiger partial charge on any atom is 0.228 e. The molecule has 2 saturated heterocycles. The van der Waals surface area contributed by atoms with Gasteiger partial charge >= 0.3 is 0 Å². The second-order valence-electron chi connectivity index (χ2n) is 10.4. The summed E-state index contributed by atoms with van der Waals surface area (Å²) in [6.45, 7) is 7.92. The molecule has 3 N–H and O–H groups in total. The molecule has 2 aliphatic rings. The van der Waals surface area contributed by atoms with Crippen LogP contribution in [0.3, 0.4) is 0 Å². The molecule has 4 atom stereocenters. The molecule has 10 heteroatoms. The summed E-state index contributed by atoms with van der Waals surface area (Å²) in [5.41, 5.74) is 8.72. The van der Waals surface area contributed by atoms with Gasteiger partial charge in [0.2, 0.25) is 5.91 Å². The van der Waals surface area contributed by atoms with Crippen LogP contribution in [0.15, 0.2) is 42.5 Å². The van der Waals surface area contributed by atoms with Crippen molar-refractivity contribution in [1.82, 2.24) is 9.62 Å². The van der Waals surface area contributed by atoms with E-state index >= 15 is 0 Å². The average Bonchev–Trinajstić information content (AvgIpc) is 3.38. The van der Waals surface area contributed by atoms with Gasteiger partial charge in [-0.05, 0) is 60.2 Å². The number of anilines is 1. The lowest BCUT2D eigenvalue weighted by atomic mass is 9.93. The molecule has 0 aliphatic carbocycles. The Bertz CT molecular complexity index is 1110. The topological polar surface area (TPSA) is 87.9 Å². The predicted octanol–water partition coefficient (Wildman–Crippen LogP) is 4.72. The van der Waals surface area contributed by atoms with Crippen LogP contribution in [-0.4, -0.2) is 60.1 Å². The summed E-state index contributed by atoms with van der Waals surface area (Å²) in [6, 6.07) is 13.4. The van der Waals surface area contributed by atoms with E-state index in [0.717, 1.165) is 29.7 Å². The monoisotopic (exact) mass is 580 g/mol. The van der Waals surface area contributed by atoms with E-state index in [1.54, 1.807) is 0 Å². The number of nitrogens with one attached hydrogen (secondary N) is 1. The lowest BCUT2D eigenvalue weighted by Gasteiger charge is -2.39. The number of nitrogens with two attached hydrogens (primary N) is 1. The Hall–Kier alpha value is -1.68. The first-order chi connectivity index (χ1) is 18.3. The van der Waals surface area contributed by atoms with Gasteiger partial charge in [0.05, 0.1) is 28.8 Å². The number of ether oxygens (including phenoxy) is 1. The van der Waals surface area contributed by atoms with Crippen LogP contribution >= 0.6 is 23.2 Å². The van der Waals surface area contributed by atoms with E-state index in [2.05, 4.69) is 23.5 Å². The van der Waals surface area contributed by atoms with Crippen LogP contribution < -0.4 is 15.4 Å². The third-order valence-corrected chi connectivity index (χ3v) is 8.83. The number of amides is 1. The van der Waals surface area contributed by atoms with Crippen LogP contribution in [0.2, 0.25) is 10.0 Å². The van der Waals surface area contributed by atoms with Crippen molar-refractivity contribution in [2.45, 2.75) is 38.8 Å². The predicted molar refractivity (Wildman–Crippen MR) is 156 cm³/mol. The fourth-order valence-electron chi connectivity index (χ4n) is 5.35. The molecule has 2 heterocycles. The first-order valence-corrected chi connectivity index (χ1v) is 15.4. The van der Waals surface area contributed by atoms with E-state index in [1.165, 1.54) is 0 Å². The molecule has 2 aromatic carbocycles. The Balaban J connectivity index is 1.46. The number of hydrogen-bond donors (Lipinski definition) is 2. The molecule has 2 aliphatic heterocycles. The van der Waals surface area contributed by atoms with Crippen molar-refractivity contribution in [3.63, 3.8) is 0 Å². The van der Waals surface area contributed by atoms with Gasteiger partial charge in [0.1, 0.15) is 0 Å². The highest BCUT2D eigenvalue weighted by molar-refractivity contribution is 7.83. The molecule has 2 unspecified atom stereocenters. The Morgan fingerprint density at radius 2 is 1.79 bits per heavy atom. The number of rotatable bonds is 10. The molecule has 0 aromatic heterocycles. The van der Waals surface area contributed by atoms with Crippen molar-refractivity contribution in [2.75, 3.05) is 50.0 Å². The Morgan fingerprint density at radius 1 is 1.11 bits per heavy atom. The fourth-order valence-corrected chi connectivity index (χ4v) is 6.53. The van der Waals surface area contributed by atoms with Crippen LogP contribution in [0.5, 0.6) is 0 Å². The first-order valence-electron chi connectivity index (χ1n) is 13.3. The molecule has 4 rings (SSSR count). The van der Waals surface area contributed by atoms with E-state index in [9.17, 15) is 9.00 Å². The maximum atomic E-state index is 13.5. The molecule has 0 spiro atoms. The summed E-state index contributed by atoms with van der Waals surface area (Å²) < 4.78 is 21.8. The first kappa shape index (κ1) is 29.3. The summed E-state index contributed by atoms with van der Waals surface area (Å²) >= 11 is 12.5. The van der Waals surface area contributed by atoms with E-state index in [4.69, 9.17) is 33.7 Å². The molecule has 2 aromatic rings. The quantitative estimate of drug-likeness (QED) is 0.424. The van der Waals surface area contributed by atoms with Crippen LogP contribution in [0, 0.1) is 11.8 Å². The number of piperazine rings is 1. The van der Waals surface area contributed by atoms with Crippen molar-refractivity contribution < 1.29 is 13.7 Å². The van der Waals surface area contributed by atoms with Gasteiger partial charge in [-0.15, -0.1) is 0 Å². The van der Waals surface area contributed by atoms with Gasteiger partial charge in [-0.1, -0.05) is 49.2 Å². The van der Waals surface area contributed by atoms with Gasteiger partial charge in [-0.2, -0.15) is 0 Å². The molecule has 38 heavy (non-hydrogen) atoms. The third-order valence-electron chi connectivity index (χ3n) is 7.19. The zero-order valence-corrected chi connectivity index (χ0v) is 24.4. The smallest absolute Gasteiger partial charge is 0.228 e. The minimum atomic E-state index is -1.23. The molecule has 7 nitrogen and oxygen atoms in total. The number of nitrogens with zero attached hydrogens (tertiary/aromatic N) is 2. The zero-order chi connectivity index (χ0) is 27.2. The second kappa shape index (κ2) is 13.6. The Labute approximate surface area is 238 Å². The van der Waals surface area contributed by atoms with Gasteiger partial charge < -0.3 is 20.3 Å². The van der Waals surface area contributed by atoms with Gasteiger partial charge in [-0.3, -0.25) is 4.79 Å². The van der Waals surface area contributed by atoms with Crippen LogP contribution in [-0.2, 0) is 20.5 Å². The van der Waals surface area contributed by atoms with Crippen molar-refractivity contribution >= 4 is 45.8 Å². The highest BCUT2D eigenvalue weighted by Crippen LogP contribution is 2.37. The molecule has 208 valence electrons. The molecular weight excluding hydrogens is 543 g/mol. The van der Waals surface area contributed by atoms with Gasteiger partial charge in [0.15, 0.2) is 0 Å². The zero-order valence-electron chi connectivity index (χ0n) is 22.1. The highest BCUT2D eigenvalue weighted by atomic mass is 35.5. The van der Waals surface area contributed by atoms with Crippen molar-refractivity contribution in [1.29, 1.82) is 0 Å². The van der Waals surface area contributed by atoms with Crippen LogP contribution in [0.4, 0.5) is 5.69 Å². The van der Waals surface area contributed by atoms with Crippen LogP contribution in [0.25, 0.3) is 0 Å². The van der Waals surface area contributed by atoms with E-state index in [0.29, 0.717) is 61.0 Å². The Kier molecular flexibility index (Phi) is 10.5. The summed E-state index contributed by atoms with van der Waals surface area (Å²) in [6.07, 6.45) is 1.30. The SMILES string of the molecule is CC(C)CC(NS(=O)CCN)c1cc(Cl)ccc1N1CCN(C(=O)[C@H]2CCO[C@@H]2c2ccc(Cl)cc2)CC1. The minimum absolute atomic E-state index is 0.119. The van der Waals surface area contributed by atoms with E-state index in [-0.39, 0.29) is 24.0 Å². The number of hydrogen-bond acceptors (Lipinski definition) is 5. The van der Waals surface area contributed by atoms with Crippen molar-refractivity contribution in [3.05, 3.63) is 63.6 Å². The molecule has 0 bridgehead atoms. The minimum Gasteiger partial charge on any atom is -0.373 e. The van der Waals surface area contributed by atoms with Gasteiger partial charge in [0.25, 0.3) is 0 Å².